The number of nitrogens with two attached hydrogens (primary N) is 1. The van der Waals surface area contributed by atoms with Gasteiger partial charge >= 0.3 is 0 Å². The zero-order valence-electron chi connectivity index (χ0n) is 8.95. The molecular formula is C10H10N6S. The Kier molecular flexibility index (Phi) is 2.54. The fourth-order valence-electron chi connectivity index (χ4n) is 1.53. The molecule has 3 aromatic rings. The van der Waals surface area contributed by atoms with E-state index in [2.05, 4.69) is 20.3 Å². The maximum absolute atomic E-state index is 5.48. The van der Waals surface area contributed by atoms with Crippen LogP contribution < -0.4 is 5.73 Å². The molecule has 0 bridgehead atoms. The maximum Gasteiger partial charge on any atom is 0.143 e. The Morgan fingerprint density at radius 3 is 3.12 bits per heavy atom. The minimum Gasteiger partial charge on any atom is -0.325 e. The molecule has 0 unspecified atom stereocenters. The Labute approximate surface area is 101 Å². The molecule has 0 amide bonds. The normalized spacial score (nSPS) is 11.1. The van der Waals surface area contributed by atoms with Crippen molar-refractivity contribution < 1.29 is 0 Å². The van der Waals surface area contributed by atoms with E-state index in [1.54, 1.807) is 22.2 Å². The van der Waals surface area contributed by atoms with Crippen LogP contribution in [0.15, 0.2) is 24.5 Å². The second kappa shape index (κ2) is 4.19. The zero-order chi connectivity index (χ0) is 11.7. The summed E-state index contributed by atoms with van der Waals surface area (Å²) in [4.78, 5) is 9.68. The summed E-state index contributed by atoms with van der Waals surface area (Å²) < 4.78 is 1.74. The summed E-state index contributed by atoms with van der Waals surface area (Å²) in [6.07, 6.45) is 3.60. The molecule has 0 aliphatic carbocycles. The van der Waals surface area contributed by atoms with Crippen molar-refractivity contribution in [2.24, 2.45) is 5.73 Å². The first-order valence-electron chi connectivity index (χ1n) is 5.14. The minimum atomic E-state index is 0.404. The van der Waals surface area contributed by atoms with Gasteiger partial charge in [-0.2, -0.15) is 0 Å². The summed E-state index contributed by atoms with van der Waals surface area (Å²) in [5.41, 5.74) is 7.18. The first kappa shape index (κ1) is 10.3. The fourth-order valence-corrected chi connectivity index (χ4v) is 2.43. The molecule has 86 valence electrons. The molecule has 0 saturated heterocycles. The predicted octanol–water partition coefficient (Wildman–Crippen LogP) is 0.790. The van der Waals surface area contributed by atoms with Crippen LogP contribution in [0.1, 0.15) is 10.7 Å². The molecule has 6 nitrogen and oxygen atoms in total. The highest BCUT2D eigenvalue weighted by atomic mass is 32.1. The minimum absolute atomic E-state index is 0.404. The van der Waals surface area contributed by atoms with Gasteiger partial charge in [-0.05, 0) is 12.1 Å². The SMILES string of the molecule is NCc1cn(Cc2nc3cccnc3s2)nn1. The Morgan fingerprint density at radius 1 is 1.41 bits per heavy atom. The third-order valence-corrected chi connectivity index (χ3v) is 3.27. The number of nitrogens with zero attached hydrogens (tertiary/aromatic N) is 5. The first-order chi connectivity index (χ1) is 8.35. The van der Waals surface area contributed by atoms with Crippen molar-refractivity contribution in [1.82, 2.24) is 25.0 Å². The van der Waals surface area contributed by atoms with Gasteiger partial charge in [0.2, 0.25) is 0 Å². The highest BCUT2D eigenvalue weighted by Gasteiger charge is 2.06. The third kappa shape index (κ3) is 2.02. The lowest BCUT2D eigenvalue weighted by Crippen LogP contribution is -1.99. The summed E-state index contributed by atoms with van der Waals surface area (Å²) in [7, 11) is 0. The summed E-state index contributed by atoms with van der Waals surface area (Å²) in [5.74, 6) is 0. The first-order valence-corrected chi connectivity index (χ1v) is 5.96. The van der Waals surface area contributed by atoms with E-state index in [4.69, 9.17) is 5.73 Å². The number of thiazole rings is 1. The number of hydrogen-bond donors (Lipinski definition) is 1. The Hall–Kier alpha value is -1.86. The molecule has 0 radical (unpaired) electrons. The monoisotopic (exact) mass is 246 g/mol. The molecule has 0 aromatic carbocycles. The molecule has 0 saturated carbocycles. The van der Waals surface area contributed by atoms with E-state index in [9.17, 15) is 0 Å². The number of hydrogen-bond acceptors (Lipinski definition) is 6. The largest absolute Gasteiger partial charge is 0.325 e. The Morgan fingerprint density at radius 2 is 2.35 bits per heavy atom. The average molecular weight is 246 g/mol. The zero-order valence-corrected chi connectivity index (χ0v) is 9.76. The summed E-state index contributed by atoms with van der Waals surface area (Å²) >= 11 is 1.57. The molecule has 7 heteroatoms. The molecule has 0 fully saturated rings. The van der Waals surface area contributed by atoms with Crippen LogP contribution >= 0.6 is 11.3 Å². The molecular weight excluding hydrogens is 236 g/mol. The van der Waals surface area contributed by atoms with Gasteiger partial charge < -0.3 is 5.73 Å². The molecule has 3 heterocycles. The second-order valence-electron chi connectivity index (χ2n) is 3.55. The van der Waals surface area contributed by atoms with Crippen molar-refractivity contribution in [1.29, 1.82) is 0 Å². The van der Waals surface area contributed by atoms with Crippen LogP contribution in [0, 0.1) is 0 Å². The van der Waals surface area contributed by atoms with Gasteiger partial charge in [0.05, 0.1) is 18.4 Å². The predicted molar refractivity (Wildman–Crippen MR) is 64.4 cm³/mol. The molecule has 17 heavy (non-hydrogen) atoms. The quantitative estimate of drug-likeness (QED) is 0.738. The Bertz CT molecular complexity index is 610. The van der Waals surface area contributed by atoms with Gasteiger partial charge in [0, 0.05) is 12.7 Å². The standard InChI is InChI=1S/C10H10N6S/c11-4-7-5-16(15-14-7)6-9-13-8-2-1-3-12-10(8)17-9/h1-3,5H,4,6,11H2. The molecule has 3 rings (SSSR count). The van der Waals surface area contributed by atoms with Crippen molar-refractivity contribution in [3.8, 4) is 0 Å². The van der Waals surface area contributed by atoms with Crippen LogP contribution in [0.5, 0.6) is 0 Å². The molecule has 2 N–H and O–H groups in total. The number of pyridine rings is 1. The summed E-state index contributed by atoms with van der Waals surface area (Å²) in [5, 5.41) is 8.88. The number of aromatic nitrogens is 5. The second-order valence-corrected chi connectivity index (χ2v) is 4.61. The summed E-state index contributed by atoms with van der Waals surface area (Å²) in [6.45, 7) is 1.01. The smallest absolute Gasteiger partial charge is 0.143 e. The van der Waals surface area contributed by atoms with Crippen LogP contribution in [0.4, 0.5) is 0 Å². The Balaban J connectivity index is 1.89. The van der Waals surface area contributed by atoms with Crippen LogP contribution in [0.3, 0.4) is 0 Å². The summed E-state index contributed by atoms with van der Waals surface area (Å²) in [6, 6.07) is 3.84. The topological polar surface area (TPSA) is 82.5 Å². The number of rotatable bonds is 3. The van der Waals surface area contributed by atoms with Gasteiger partial charge in [0.25, 0.3) is 0 Å². The van der Waals surface area contributed by atoms with E-state index < -0.39 is 0 Å². The van der Waals surface area contributed by atoms with Crippen LogP contribution in [0.2, 0.25) is 0 Å². The van der Waals surface area contributed by atoms with E-state index in [0.717, 1.165) is 21.0 Å². The molecule has 0 aliphatic heterocycles. The molecule has 0 atom stereocenters. The van der Waals surface area contributed by atoms with Crippen molar-refractivity contribution in [3.05, 3.63) is 35.2 Å². The molecule has 0 aliphatic rings. The van der Waals surface area contributed by atoms with Crippen LogP contribution in [0.25, 0.3) is 10.3 Å². The van der Waals surface area contributed by atoms with Gasteiger partial charge in [-0.3, -0.25) is 0 Å². The molecule has 3 aromatic heterocycles. The van der Waals surface area contributed by atoms with E-state index in [-0.39, 0.29) is 0 Å². The number of fused-ring (bicyclic) bond motifs is 1. The fraction of sp³-hybridized carbons (Fsp3) is 0.200. The lowest BCUT2D eigenvalue weighted by molar-refractivity contribution is 0.647. The highest BCUT2D eigenvalue weighted by Crippen LogP contribution is 2.19. The van der Waals surface area contributed by atoms with Crippen molar-refractivity contribution in [2.75, 3.05) is 0 Å². The van der Waals surface area contributed by atoms with Crippen molar-refractivity contribution in [3.63, 3.8) is 0 Å². The average Bonchev–Trinajstić information content (AvgIpc) is 2.94. The third-order valence-electron chi connectivity index (χ3n) is 2.30. The highest BCUT2D eigenvalue weighted by molar-refractivity contribution is 7.18. The van der Waals surface area contributed by atoms with Gasteiger partial charge in [0.1, 0.15) is 15.4 Å². The lowest BCUT2D eigenvalue weighted by Gasteiger charge is -1.93. The van der Waals surface area contributed by atoms with Gasteiger partial charge in [-0.25, -0.2) is 14.6 Å². The van der Waals surface area contributed by atoms with Crippen LogP contribution in [-0.4, -0.2) is 25.0 Å². The lowest BCUT2D eigenvalue weighted by atomic mass is 10.4. The van der Waals surface area contributed by atoms with Gasteiger partial charge in [0.15, 0.2) is 0 Å². The maximum atomic E-state index is 5.48. The molecule has 0 spiro atoms. The van der Waals surface area contributed by atoms with E-state index >= 15 is 0 Å². The van der Waals surface area contributed by atoms with Gasteiger partial charge in [-0.1, -0.05) is 16.6 Å². The van der Waals surface area contributed by atoms with E-state index in [0.29, 0.717) is 13.1 Å². The van der Waals surface area contributed by atoms with Crippen molar-refractivity contribution >= 4 is 21.7 Å². The van der Waals surface area contributed by atoms with Gasteiger partial charge in [-0.15, -0.1) is 5.10 Å². The van der Waals surface area contributed by atoms with Crippen LogP contribution in [-0.2, 0) is 13.1 Å². The van der Waals surface area contributed by atoms with E-state index in [1.165, 1.54) is 0 Å². The van der Waals surface area contributed by atoms with Crippen molar-refractivity contribution in [2.45, 2.75) is 13.1 Å². The van der Waals surface area contributed by atoms with E-state index in [1.807, 2.05) is 18.3 Å².